The van der Waals surface area contributed by atoms with E-state index < -0.39 is 0 Å². The number of rotatable bonds is 7. The lowest BCUT2D eigenvalue weighted by Gasteiger charge is -2.10. The molecular formula is C13H21NO2S. The summed E-state index contributed by atoms with van der Waals surface area (Å²) in [6, 6.07) is 2.16. The molecule has 1 fully saturated rings. The van der Waals surface area contributed by atoms with Gasteiger partial charge in [0, 0.05) is 24.6 Å². The fourth-order valence-corrected chi connectivity index (χ4v) is 2.80. The second kappa shape index (κ2) is 7.11. The Morgan fingerprint density at radius 1 is 1.59 bits per heavy atom. The molecule has 0 amide bonds. The molecular weight excluding hydrogens is 234 g/mol. The van der Waals surface area contributed by atoms with Crippen LogP contribution in [0.3, 0.4) is 0 Å². The SMILES string of the molecule is Cc1ccsc1CNCCOCC1CCCO1. The minimum absolute atomic E-state index is 0.342. The second-order valence-corrected chi connectivity index (χ2v) is 5.41. The third kappa shape index (κ3) is 4.39. The number of aryl methyl sites for hydroxylation is 1. The highest BCUT2D eigenvalue weighted by Crippen LogP contribution is 2.14. The molecule has 0 bridgehead atoms. The Kier molecular flexibility index (Phi) is 5.45. The Morgan fingerprint density at radius 3 is 3.24 bits per heavy atom. The Labute approximate surface area is 107 Å². The first-order valence-electron chi connectivity index (χ1n) is 6.29. The lowest BCUT2D eigenvalue weighted by molar-refractivity contribution is 0.0183. The smallest absolute Gasteiger partial charge is 0.0809 e. The van der Waals surface area contributed by atoms with Gasteiger partial charge in [-0.3, -0.25) is 0 Å². The number of thiophene rings is 1. The number of hydrogen-bond acceptors (Lipinski definition) is 4. The molecule has 1 aromatic heterocycles. The van der Waals surface area contributed by atoms with Crippen LogP contribution in [0.2, 0.25) is 0 Å². The monoisotopic (exact) mass is 255 g/mol. The summed E-state index contributed by atoms with van der Waals surface area (Å²) in [4.78, 5) is 1.42. The third-order valence-electron chi connectivity index (χ3n) is 3.00. The van der Waals surface area contributed by atoms with Crippen LogP contribution in [-0.4, -0.2) is 32.5 Å². The van der Waals surface area contributed by atoms with Gasteiger partial charge in [0.2, 0.25) is 0 Å². The van der Waals surface area contributed by atoms with E-state index in [0.717, 1.165) is 39.3 Å². The summed E-state index contributed by atoms with van der Waals surface area (Å²) in [7, 11) is 0. The van der Waals surface area contributed by atoms with Crippen molar-refractivity contribution in [2.75, 3.05) is 26.4 Å². The molecule has 0 radical (unpaired) electrons. The van der Waals surface area contributed by atoms with E-state index in [1.54, 1.807) is 0 Å². The number of ether oxygens (including phenoxy) is 2. The van der Waals surface area contributed by atoms with Crippen LogP contribution in [0.15, 0.2) is 11.4 Å². The molecule has 1 atom stereocenters. The molecule has 1 aliphatic heterocycles. The fourth-order valence-electron chi connectivity index (χ4n) is 1.92. The maximum atomic E-state index is 5.58. The largest absolute Gasteiger partial charge is 0.377 e. The van der Waals surface area contributed by atoms with Gasteiger partial charge < -0.3 is 14.8 Å². The maximum absolute atomic E-state index is 5.58. The van der Waals surface area contributed by atoms with Crippen molar-refractivity contribution in [3.05, 3.63) is 21.9 Å². The van der Waals surface area contributed by atoms with Crippen LogP contribution < -0.4 is 5.32 Å². The molecule has 4 heteroatoms. The average molecular weight is 255 g/mol. The lowest BCUT2D eigenvalue weighted by Crippen LogP contribution is -2.22. The average Bonchev–Trinajstić information content (AvgIpc) is 2.95. The first-order chi connectivity index (χ1) is 8.36. The summed E-state index contributed by atoms with van der Waals surface area (Å²) in [5.41, 5.74) is 1.38. The summed E-state index contributed by atoms with van der Waals surface area (Å²) >= 11 is 1.81. The molecule has 1 aliphatic rings. The van der Waals surface area contributed by atoms with Crippen LogP contribution in [0.1, 0.15) is 23.3 Å². The minimum atomic E-state index is 0.342. The topological polar surface area (TPSA) is 30.5 Å². The molecule has 1 unspecified atom stereocenters. The van der Waals surface area contributed by atoms with Crippen molar-refractivity contribution in [2.45, 2.75) is 32.4 Å². The normalized spacial score (nSPS) is 19.9. The molecule has 1 saturated heterocycles. The highest BCUT2D eigenvalue weighted by atomic mass is 32.1. The number of hydrogen-bond donors (Lipinski definition) is 1. The molecule has 2 rings (SSSR count). The molecule has 1 aromatic rings. The summed E-state index contributed by atoms with van der Waals surface area (Å²) in [6.45, 7) is 6.44. The van der Waals surface area contributed by atoms with Crippen molar-refractivity contribution in [2.24, 2.45) is 0 Å². The molecule has 1 N–H and O–H groups in total. The summed E-state index contributed by atoms with van der Waals surface area (Å²) in [5, 5.41) is 5.54. The summed E-state index contributed by atoms with van der Waals surface area (Å²) in [6.07, 6.45) is 2.68. The minimum Gasteiger partial charge on any atom is -0.377 e. The summed E-state index contributed by atoms with van der Waals surface area (Å²) in [5.74, 6) is 0. The van der Waals surface area contributed by atoms with Gasteiger partial charge in [-0.2, -0.15) is 0 Å². The van der Waals surface area contributed by atoms with E-state index in [4.69, 9.17) is 9.47 Å². The van der Waals surface area contributed by atoms with Crippen LogP contribution >= 0.6 is 11.3 Å². The molecule has 17 heavy (non-hydrogen) atoms. The molecule has 0 saturated carbocycles. The van der Waals surface area contributed by atoms with Gasteiger partial charge in [-0.1, -0.05) is 0 Å². The number of nitrogens with one attached hydrogen (secondary N) is 1. The third-order valence-corrected chi connectivity index (χ3v) is 4.03. The van der Waals surface area contributed by atoms with Gasteiger partial charge in [-0.05, 0) is 36.8 Å². The van der Waals surface area contributed by atoms with Crippen molar-refractivity contribution < 1.29 is 9.47 Å². The van der Waals surface area contributed by atoms with Crippen LogP contribution in [0, 0.1) is 6.92 Å². The van der Waals surface area contributed by atoms with E-state index in [9.17, 15) is 0 Å². The van der Waals surface area contributed by atoms with Gasteiger partial charge in [-0.15, -0.1) is 11.3 Å². The predicted octanol–water partition coefficient (Wildman–Crippen LogP) is 2.34. The Balaban J connectivity index is 1.47. The van der Waals surface area contributed by atoms with Crippen molar-refractivity contribution in [3.8, 4) is 0 Å². The van der Waals surface area contributed by atoms with Crippen LogP contribution in [0.4, 0.5) is 0 Å². The van der Waals surface area contributed by atoms with Crippen molar-refractivity contribution >= 4 is 11.3 Å². The summed E-state index contributed by atoms with van der Waals surface area (Å²) < 4.78 is 11.1. The Bertz CT molecular complexity index is 321. The first-order valence-corrected chi connectivity index (χ1v) is 7.17. The maximum Gasteiger partial charge on any atom is 0.0809 e. The van der Waals surface area contributed by atoms with E-state index in [2.05, 4.69) is 23.7 Å². The molecule has 3 nitrogen and oxygen atoms in total. The molecule has 2 heterocycles. The molecule has 0 aliphatic carbocycles. The van der Waals surface area contributed by atoms with Gasteiger partial charge in [0.15, 0.2) is 0 Å². The van der Waals surface area contributed by atoms with Crippen LogP contribution in [-0.2, 0) is 16.0 Å². The highest BCUT2D eigenvalue weighted by Gasteiger charge is 2.14. The van der Waals surface area contributed by atoms with Gasteiger partial charge in [0.25, 0.3) is 0 Å². The fraction of sp³-hybridized carbons (Fsp3) is 0.692. The van der Waals surface area contributed by atoms with Crippen molar-refractivity contribution in [3.63, 3.8) is 0 Å². The van der Waals surface area contributed by atoms with Gasteiger partial charge in [0.05, 0.1) is 19.3 Å². The van der Waals surface area contributed by atoms with Crippen LogP contribution in [0.5, 0.6) is 0 Å². The standard InChI is InChI=1S/C13H21NO2S/c1-11-4-8-17-13(11)9-14-5-7-15-10-12-3-2-6-16-12/h4,8,12,14H,2-3,5-7,9-10H2,1H3. The second-order valence-electron chi connectivity index (χ2n) is 4.41. The predicted molar refractivity (Wildman–Crippen MR) is 70.6 cm³/mol. The quantitative estimate of drug-likeness (QED) is 0.759. The zero-order valence-corrected chi connectivity index (χ0v) is 11.2. The first kappa shape index (κ1) is 13.0. The zero-order chi connectivity index (χ0) is 11.9. The zero-order valence-electron chi connectivity index (χ0n) is 10.4. The van der Waals surface area contributed by atoms with E-state index >= 15 is 0 Å². The lowest BCUT2D eigenvalue weighted by atomic mass is 10.2. The van der Waals surface area contributed by atoms with Crippen LogP contribution in [0.25, 0.3) is 0 Å². The van der Waals surface area contributed by atoms with Gasteiger partial charge in [0.1, 0.15) is 0 Å². The van der Waals surface area contributed by atoms with Gasteiger partial charge in [-0.25, -0.2) is 0 Å². The Hall–Kier alpha value is -0.420. The van der Waals surface area contributed by atoms with Crippen molar-refractivity contribution in [1.29, 1.82) is 0 Å². The molecule has 0 spiro atoms. The van der Waals surface area contributed by atoms with E-state index in [1.807, 2.05) is 11.3 Å². The highest BCUT2D eigenvalue weighted by molar-refractivity contribution is 7.10. The van der Waals surface area contributed by atoms with Gasteiger partial charge >= 0.3 is 0 Å². The Morgan fingerprint density at radius 2 is 2.53 bits per heavy atom. The van der Waals surface area contributed by atoms with E-state index in [1.165, 1.54) is 16.9 Å². The molecule has 96 valence electrons. The van der Waals surface area contributed by atoms with E-state index in [-0.39, 0.29) is 0 Å². The molecule has 0 aromatic carbocycles. The van der Waals surface area contributed by atoms with E-state index in [0.29, 0.717) is 6.10 Å². The van der Waals surface area contributed by atoms with Crippen molar-refractivity contribution in [1.82, 2.24) is 5.32 Å².